The quantitative estimate of drug-likeness (QED) is 0.490. The molecule has 0 aliphatic heterocycles. The van der Waals surface area contributed by atoms with Crippen LogP contribution in [0.15, 0.2) is 60.8 Å². The Morgan fingerprint density at radius 1 is 0.833 bits per heavy atom. The number of benzene rings is 2. The SMILES string of the molecule is c1ccc(-c2cc3c(ccc4cc[nH]c43)[nH]2)cc1. The van der Waals surface area contributed by atoms with Gasteiger partial charge in [-0.15, -0.1) is 0 Å². The van der Waals surface area contributed by atoms with Crippen LogP contribution >= 0.6 is 0 Å². The summed E-state index contributed by atoms with van der Waals surface area (Å²) >= 11 is 0. The zero-order chi connectivity index (χ0) is 11.9. The van der Waals surface area contributed by atoms with Crippen molar-refractivity contribution in [2.75, 3.05) is 0 Å². The topological polar surface area (TPSA) is 31.6 Å². The van der Waals surface area contributed by atoms with Gasteiger partial charge in [0, 0.05) is 28.2 Å². The molecular formula is C16H12N2. The van der Waals surface area contributed by atoms with Gasteiger partial charge in [-0.3, -0.25) is 0 Å². The van der Waals surface area contributed by atoms with Crippen molar-refractivity contribution < 1.29 is 0 Å². The lowest BCUT2D eigenvalue weighted by Crippen LogP contribution is -1.74. The Morgan fingerprint density at radius 2 is 1.72 bits per heavy atom. The summed E-state index contributed by atoms with van der Waals surface area (Å²) < 4.78 is 0. The largest absolute Gasteiger partial charge is 0.361 e. The van der Waals surface area contributed by atoms with Gasteiger partial charge < -0.3 is 9.97 Å². The van der Waals surface area contributed by atoms with E-state index in [9.17, 15) is 0 Å². The van der Waals surface area contributed by atoms with Crippen molar-refractivity contribution in [3.05, 3.63) is 60.8 Å². The van der Waals surface area contributed by atoms with Crippen LogP contribution in [0.4, 0.5) is 0 Å². The van der Waals surface area contributed by atoms with E-state index < -0.39 is 0 Å². The molecule has 4 aromatic rings. The number of hydrogen-bond acceptors (Lipinski definition) is 0. The van der Waals surface area contributed by atoms with E-state index in [1.54, 1.807) is 0 Å². The Hall–Kier alpha value is -2.48. The molecule has 2 N–H and O–H groups in total. The molecule has 2 aromatic heterocycles. The van der Waals surface area contributed by atoms with Crippen molar-refractivity contribution in [1.82, 2.24) is 9.97 Å². The number of rotatable bonds is 1. The van der Waals surface area contributed by atoms with Crippen LogP contribution in [0.1, 0.15) is 0 Å². The van der Waals surface area contributed by atoms with Gasteiger partial charge in [0.1, 0.15) is 0 Å². The Morgan fingerprint density at radius 3 is 2.61 bits per heavy atom. The lowest BCUT2D eigenvalue weighted by molar-refractivity contribution is 1.45. The molecule has 2 nitrogen and oxygen atoms in total. The molecule has 0 saturated carbocycles. The maximum atomic E-state index is 3.47. The third-order valence-corrected chi connectivity index (χ3v) is 3.41. The fourth-order valence-corrected chi connectivity index (χ4v) is 2.51. The summed E-state index contributed by atoms with van der Waals surface area (Å²) in [5.41, 5.74) is 4.75. The molecule has 0 saturated heterocycles. The number of aromatic nitrogens is 2. The summed E-state index contributed by atoms with van der Waals surface area (Å²) in [5, 5.41) is 2.50. The minimum absolute atomic E-state index is 1.16. The molecule has 0 bridgehead atoms. The van der Waals surface area contributed by atoms with Crippen molar-refractivity contribution in [2.24, 2.45) is 0 Å². The van der Waals surface area contributed by atoms with E-state index in [0.29, 0.717) is 0 Å². The lowest BCUT2D eigenvalue weighted by atomic mass is 10.1. The van der Waals surface area contributed by atoms with Gasteiger partial charge in [-0.25, -0.2) is 0 Å². The van der Waals surface area contributed by atoms with Gasteiger partial charge in [-0.1, -0.05) is 36.4 Å². The number of hydrogen-bond donors (Lipinski definition) is 2. The van der Waals surface area contributed by atoms with E-state index in [-0.39, 0.29) is 0 Å². The van der Waals surface area contributed by atoms with Crippen molar-refractivity contribution >= 4 is 21.8 Å². The molecule has 0 aliphatic carbocycles. The van der Waals surface area contributed by atoms with Crippen LogP contribution in [-0.4, -0.2) is 9.97 Å². The highest BCUT2D eigenvalue weighted by atomic mass is 14.7. The van der Waals surface area contributed by atoms with Crippen LogP contribution in [0, 0.1) is 0 Å². The first kappa shape index (κ1) is 9.54. The van der Waals surface area contributed by atoms with Crippen molar-refractivity contribution in [2.45, 2.75) is 0 Å². The molecule has 0 spiro atoms. The standard InChI is InChI=1S/C16H12N2/c1-2-4-11(5-3-1)15-10-13-14(18-15)7-6-12-8-9-17-16(12)13/h1-10,17-18H. The highest BCUT2D eigenvalue weighted by Crippen LogP contribution is 2.28. The van der Waals surface area contributed by atoms with Gasteiger partial charge in [-0.05, 0) is 23.8 Å². The predicted molar refractivity (Wildman–Crippen MR) is 75.6 cm³/mol. The molecule has 0 atom stereocenters. The molecule has 4 rings (SSSR count). The van der Waals surface area contributed by atoms with E-state index in [0.717, 1.165) is 5.69 Å². The molecule has 0 amide bonds. The zero-order valence-electron chi connectivity index (χ0n) is 9.77. The molecular weight excluding hydrogens is 220 g/mol. The average molecular weight is 232 g/mol. The second kappa shape index (κ2) is 3.50. The van der Waals surface area contributed by atoms with Crippen molar-refractivity contribution in [3.63, 3.8) is 0 Å². The smallest absolute Gasteiger partial charge is 0.0549 e. The highest BCUT2D eigenvalue weighted by Gasteiger charge is 2.06. The summed E-state index contributed by atoms with van der Waals surface area (Å²) in [6.45, 7) is 0. The van der Waals surface area contributed by atoms with Crippen LogP contribution in [0.2, 0.25) is 0 Å². The highest BCUT2D eigenvalue weighted by molar-refractivity contribution is 6.06. The molecule has 0 fully saturated rings. The third-order valence-electron chi connectivity index (χ3n) is 3.41. The first-order chi connectivity index (χ1) is 8.92. The Balaban J connectivity index is 2.04. The van der Waals surface area contributed by atoms with Gasteiger partial charge in [0.05, 0.1) is 5.52 Å². The number of fused-ring (bicyclic) bond motifs is 3. The molecule has 0 unspecified atom stereocenters. The normalized spacial score (nSPS) is 11.3. The lowest BCUT2D eigenvalue weighted by Gasteiger charge is -1.94. The van der Waals surface area contributed by atoms with Crippen LogP contribution in [-0.2, 0) is 0 Å². The first-order valence-corrected chi connectivity index (χ1v) is 6.06. The fourth-order valence-electron chi connectivity index (χ4n) is 2.51. The average Bonchev–Trinajstić information content (AvgIpc) is 3.05. The van der Waals surface area contributed by atoms with Gasteiger partial charge in [-0.2, -0.15) is 0 Å². The van der Waals surface area contributed by atoms with Crippen LogP contribution in [0.25, 0.3) is 33.1 Å². The summed E-state index contributed by atoms with van der Waals surface area (Å²) in [4.78, 5) is 6.78. The van der Waals surface area contributed by atoms with E-state index in [2.05, 4.69) is 58.5 Å². The van der Waals surface area contributed by atoms with E-state index in [1.807, 2.05) is 12.3 Å². The van der Waals surface area contributed by atoms with Gasteiger partial charge >= 0.3 is 0 Å². The predicted octanol–water partition coefficient (Wildman–Crippen LogP) is 4.32. The summed E-state index contributed by atoms with van der Waals surface area (Å²) in [6, 6.07) is 19.0. The second-order valence-corrected chi connectivity index (χ2v) is 4.52. The Labute approximate surface area is 104 Å². The third kappa shape index (κ3) is 1.29. The second-order valence-electron chi connectivity index (χ2n) is 4.52. The van der Waals surface area contributed by atoms with Gasteiger partial charge in [0.25, 0.3) is 0 Å². The Kier molecular flexibility index (Phi) is 1.86. The summed E-state index contributed by atoms with van der Waals surface area (Å²) in [7, 11) is 0. The maximum absolute atomic E-state index is 3.47. The van der Waals surface area contributed by atoms with E-state index in [1.165, 1.54) is 27.4 Å². The molecule has 0 aliphatic rings. The van der Waals surface area contributed by atoms with E-state index >= 15 is 0 Å². The number of aromatic amines is 2. The minimum atomic E-state index is 1.16. The van der Waals surface area contributed by atoms with Gasteiger partial charge in [0.15, 0.2) is 0 Å². The summed E-state index contributed by atoms with van der Waals surface area (Å²) in [5.74, 6) is 0. The first-order valence-electron chi connectivity index (χ1n) is 6.06. The molecule has 2 heteroatoms. The monoisotopic (exact) mass is 232 g/mol. The molecule has 0 radical (unpaired) electrons. The van der Waals surface area contributed by atoms with Crippen molar-refractivity contribution in [3.8, 4) is 11.3 Å². The maximum Gasteiger partial charge on any atom is 0.0549 e. The van der Waals surface area contributed by atoms with E-state index in [4.69, 9.17) is 0 Å². The van der Waals surface area contributed by atoms with Crippen LogP contribution in [0.3, 0.4) is 0 Å². The zero-order valence-corrected chi connectivity index (χ0v) is 9.77. The molecule has 2 heterocycles. The van der Waals surface area contributed by atoms with Crippen LogP contribution in [0.5, 0.6) is 0 Å². The van der Waals surface area contributed by atoms with Gasteiger partial charge in [0.2, 0.25) is 0 Å². The Bertz CT molecular complexity index is 822. The minimum Gasteiger partial charge on any atom is -0.361 e. The fraction of sp³-hybridized carbons (Fsp3) is 0. The van der Waals surface area contributed by atoms with Crippen LogP contribution < -0.4 is 0 Å². The number of H-pyrrole nitrogens is 2. The molecule has 86 valence electrons. The number of nitrogens with one attached hydrogen (secondary N) is 2. The molecule has 18 heavy (non-hydrogen) atoms. The summed E-state index contributed by atoms with van der Waals surface area (Å²) in [6.07, 6.45) is 1.99. The van der Waals surface area contributed by atoms with Crippen molar-refractivity contribution in [1.29, 1.82) is 0 Å². The molecule has 2 aromatic carbocycles.